The number of rotatable bonds is 23. The quantitative estimate of drug-likeness (QED) is 0.0416. The highest BCUT2D eigenvalue weighted by Gasteiger charge is 2.34. The Morgan fingerprint density at radius 2 is 1.21 bits per heavy atom. The number of carbonyl (C=O) groups is 7. The molecule has 0 saturated heterocycles. The molecule has 0 aliphatic rings. The van der Waals surface area contributed by atoms with Crippen LogP contribution in [0.2, 0.25) is 5.02 Å². The van der Waals surface area contributed by atoms with Crippen LogP contribution < -0.4 is 31.9 Å². The van der Waals surface area contributed by atoms with Crippen molar-refractivity contribution in [1.82, 2.24) is 41.9 Å². The lowest BCUT2D eigenvalue weighted by molar-refractivity contribution is -0.138. The number of nitrogens with zero attached hydrogens (tertiary/aromatic N) is 1. The van der Waals surface area contributed by atoms with Crippen LogP contribution in [0.5, 0.6) is 0 Å². The van der Waals surface area contributed by atoms with Gasteiger partial charge in [-0.25, -0.2) is 0 Å². The largest absolute Gasteiger partial charge is 0.481 e. The third-order valence-corrected chi connectivity index (χ3v) is 11.9. The molecule has 6 amide bonds. The van der Waals surface area contributed by atoms with E-state index in [9.17, 15) is 58.1 Å². The molecule has 11 N–H and O–H groups in total. The molecule has 5 rings (SSSR count). The first kappa shape index (κ1) is 52.0. The number of amides is 6. The van der Waals surface area contributed by atoms with Gasteiger partial charge in [0.15, 0.2) is 5.85 Å². The Balaban J connectivity index is 1.44. The van der Waals surface area contributed by atoms with Crippen LogP contribution in [0.1, 0.15) is 53.4 Å². The third kappa shape index (κ3) is 15.3. The minimum Gasteiger partial charge on any atom is -0.481 e. The number of nitrogens with one attached hydrogen (secondary N) is 7. The number of hydrogen-bond donors (Lipinski definition) is 11. The van der Waals surface area contributed by atoms with Crippen LogP contribution >= 0.6 is 19.2 Å². The number of aromatic amines is 1. The molecule has 0 saturated carbocycles. The highest BCUT2D eigenvalue weighted by molar-refractivity contribution is 7.51. The van der Waals surface area contributed by atoms with Crippen LogP contribution in [-0.2, 0) is 63.8 Å². The number of aliphatic hydroxyl groups excluding tert-OH is 1. The lowest BCUT2D eigenvalue weighted by Gasteiger charge is -2.27. The maximum Gasteiger partial charge on any atom is 0.358 e. The van der Waals surface area contributed by atoms with E-state index in [-0.39, 0.29) is 31.2 Å². The van der Waals surface area contributed by atoms with E-state index < -0.39 is 97.9 Å². The maximum absolute atomic E-state index is 14.5. The number of likely N-dealkylation sites (N-methyl/N-ethyl adjacent to an activating group) is 1. The number of fused-ring (bicyclic) bond motifs is 1. The summed E-state index contributed by atoms with van der Waals surface area (Å²) in [7, 11) is -3.57. The molecule has 0 bridgehead atoms. The van der Waals surface area contributed by atoms with Crippen molar-refractivity contribution in [2.24, 2.45) is 0 Å². The van der Waals surface area contributed by atoms with Crippen molar-refractivity contribution in [1.29, 1.82) is 0 Å². The maximum atomic E-state index is 14.5. The van der Waals surface area contributed by atoms with Crippen molar-refractivity contribution in [2.75, 3.05) is 7.05 Å². The summed E-state index contributed by atoms with van der Waals surface area (Å²) in [6.45, 7) is 1.21. The minimum absolute atomic E-state index is 0.00947. The molecule has 3 aromatic carbocycles. The van der Waals surface area contributed by atoms with E-state index in [0.29, 0.717) is 32.8 Å². The Bertz CT molecular complexity index is 2630. The van der Waals surface area contributed by atoms with Gasteiger partial charge in [0.25, 0.3) is 0 Å². The standard InChI is InChI=1S/C46H52ClN8O12P/c1-26(56)51-36(21-29-9-6-18-49-24-29)43(61)53-38(20-28-10-12-30(13-11-28)46(64)68(65,66)67)45(63)54-37(19-27-7-4-3-5-8-27)44(62)52-34(16-17-40(57)58)42(60)55-39(41(59)48-2)22-31-25-50-35-23-32(47)14-15-33(31)35/h3-15,18,23-25,34,36-39,46,50,64H,16-17,19-22H2,1-2H3,(H,48,59)(H,51,56)(H,52,62)(H,53,61)(H,54,63)(H,55,60)(H,57,58)(H2,65,66,67)/t34-,36-,37-,38-,39-,46?/m0/s1. The number of aliphatic carboxylic acids is 1. The van der Waals surface area contributed by atoms with Crippen LogP contribution in [0, 0.1) is 0 Å². The Hall–Kier alpha value is -6.96. The second kappa shape index (κ2) is 24.2. The van der Waals surface area contributed by atoms with Gasteiger partial charge in [0.1, 0.15) is 30.2 Å². The molecule has 5 aromatic rings. The molecule has 0 spiro atoms. The van der Waals surface area contributed by atoms with E-state index >= 15 is 0 Å². The molecule has 22 heteroatoms. The van der Waals surface area contributed by atoms with Gasteiger partial charge in [0.2, 0.25) is 35.4 Å². The summed E-state index contributed by atoms with van der Waals surface area (Å²) in [6.07, 6.45) is 3.20. The minimum atomic E-state index is -4.94. The number of benzene rings is 3. The summed E-state index contributed by atoms with van der Waals surface area (Å²) in [5.41, 5.74) is 2.68. The number of halogens is 1. The van der Waals surface area contributed by atoms with E-state index in [4.69, 9.17) is 11.6 Å². The highest BCUT2D eigenvalue weighted by Crippen LogP contribution is 2.49. The van der Waals surface area contributed by atoms with Gasteiger partial charge in [0.05, 0.1) is 0 Å². The van der Waals surface area contributed by atoms with Crippen LogP contribution in [0.25, 0.3) is 10.9 Å². The SMILES string of the molecule is CNC(=O)[C@H](Cc1c[nH]c2cc(Cl)ccc12)NC(=O)[C@H](CCC(=O)O)NC(=O)[C@H](Cc1ccccc1)NC(=O)[C@H](Cc1ccc(C(O)P(=O)(O)O)cc1)NC(=O)[C@H](Cc1cccnc1)NC(C)=O. The summed E-state index contributed by atoms with van der Waals surface area (Å²) in [6, 6.07) is 15.2. The monoisotopic (exact) mass is 974 g/mol. The number of aromatic nitrogens is 2. The number of hydrogen-bond acceptors (Lipinski definition) is 10. The molecule has 0 aliphatic heterocycles. The molecule has 68 heavy (non-hydrogen) atoms. The number of aliphatic hydroxyl groups is 1. The van der Waals surface area contributed by atoms with E-state index in [2.05, 4.69) is 41.9 Å². The van der Waals surface area contributed by atoms with Gasteiger partial charge in [-0.05, 0) is 52.4 Å². The van der Waals surface area contributed by atoms with Gasteiger partial charge >= 0.3 is 13.6 Å². The molecule has 0 aliphatic carbocycles. The summed E-state index contributed by atoms with van der Waals surface area (Å²) in [5, 5.41) is 36.6. The smallest absolute Gasteiger partial charge is 0.358 e. The van der Waals surface area contributed by atoms with E-state index in [1.54, 1.807) is 66.9 Å². The van der Waals surface area contributed by atoms with Gasteiger partial charge in [-0.15, -0.1) is 0 Å². The topological polar surface area (TPSA) is 318 Å². The average molecular weight is 975 g/mol. The van der Waals surface area contributed by atoms with Crippen molar-refractivity contribution < 1.29 is 58.1 Å². The fourth-order valence-corrected chi connectivity index (χ4v) is 8.02. The summed E-state index contributed by atoms with van der Waals surface area (Å²) in [4.78, 5) is 120. The Labute approximate surface area is 395 Å². The van der Waals surface area contributed by atoms with Gasteiger partial charge in [-0.1, -0.05) is 78.3 Å². The normalized spacial score (nSPS) is 14.0. The average Bonchev–Trinajstić information content (AvgIpc) is 3.70. The van der Waals surface area contributed by atoms with Crippen molar-refractivity contribution >= 4 is 71.5 Å². The summed E-state index contributed by atoms with van der Waals surface area (Å²) in [5.74, 6) is -8.08. The highest BCUT2D eigenvalue weighted by atomic mass is 35.5. The van der Waals surface area contributed by atoms with Crippen LogP contribution in [0.4, 0.5) is 0 Å². The lowest BCUT2D eigenvalue weighted by Crippen LogP contribution is -2.60. The molecular formula is C46H52ClN8O12P. The van der Waals surface area contributed by atoms with Gasteiger partial charge in [0, 0.05) is 80.6 Å². The molecule has 1 unspecified atom stereocenters. The van der Waals surface area contributed by atoms with E-state index in [0.717, 1.165) is 5.39 Å². The molecule has 20 nitrogen and oxygen atoms in total. The zero-order valence-corrected chi connectivity index (χ0v) is 38.5. The Morgan fingerprint density at radius 3 is 1.75 bits per heavy atom. The second-order valence-electron chi connectivity index (χ2n) is 15.9. The first-order valence-electron chi connectivity index (χ1n) is 21.2. The molecular weight excluding hydrogens is 923 g/mol. The molecule has 0 fully saturated rings. The van der Waals surface area contributed by atoms with Crippen molar-refractivity contribution in [2.45, 2.75) is 81.5 Å². The number of H-pyrrole nitrogens is 1. The summed E-state index contributed by atoms with van der Waals surface area (Å²) >= 11 is 6.14. The number of carboxylic acids is 1. The summed E-state index contributed by atoms with van der Waals surface area (Å²) < 4.78 is 11.7. The fourth-order valence-electron chi connectivity index (χ4n) is 7.29. The fraction of sp³-hybridized carbons (Fsp3) is 0.304. The van der Waals surface area contributed by atoms with E-state index in [1.807, 2.05) is 0 Å². The molecule has 6 atom stereocenters. The first-order chi connectivity index (χ1) is 32.3. The van der Waals surface area contributed by atoms with Crippen LogP contribution in [0.3, 0.4) is 0 Å². The molecule has 0 radical (unpaired) electrons. The predicted molar refractivity (Wildman–Crippen MR) is 249 cm³/mol. The van der Waals surface area contributed by atoms with Gasteiger partial charge in [-0.2, -0.15) is 0 Å². The number of carbonyl (C=O) groups excluding carboxylic acids is 6. The molecule has 2 aromatic heterocycles. The van der Waals surface area contributed by atoms with E-state index in [1.165, 1.54) is 50.6 Å². The lowest BCUT2D eigenvalue weighted by atomic mass is 10.00. The van der Waals surface area contributed by atoms with Crippen LogP contribution in [0.15, 0.2) is 104 Å². The van der Waals surface area contributed by atoms with Gasteiger partial charge in [-0.3, -0.25) is 43.1 Å². The first-order valence-corrected chi connectivity index (χ1v) is 23.3. The molecule has 2 heterocycles. The van der Waals surface area contributed by atoms with Crippen molar-refractivity contribution in [3.05, 3.63) is 136 Å². The Morgan fingerprint density at radius 1 is 0.676 bits per heavy atom. The number of carboxylic acid groups (broad SMARTS) is 1. The molecule has 360 valence electrons. The van der Waals surface area contributed by atoms with Gasteiger partial charge < -0.3 is 56.9 Å². The van der Waals surface area contributed by atoms with Crippen LogP contribution in [-0.4, -0.2) is 109 Å². The Kier molecular flexibility index (Phi) is 18.5. The predicted octanol–water partition coefficient (Wildman–Crippen LogP) is 1.71. The number of pyridine rings is 1. The zero-order valence-electron chi connectivity index (χ0n) is 36.8. The zero-order chi connectivity index (χ0) is 49.5. The van der Waals surface area contributed by atoms with Crippen molar-refractivity contribution in [3.63, 3.8) is 0 Å². The third-order valence-electron chi connectivity index (χ3n) is 10.8. The van der Waals surface area contributed by atoms with Crippen molar-refractivity contribution in [3.8, 4) is 0 Å². The second-order valence-corrected chi connectivity index (χ2v) is 18.0.